The van der Waals surface area contributed by atoms with Crippen LogP contribution in [0.2, 0.25) is 0 Å². The average molecular weight is 526 g/mol. The van der Waals surface area contributed by atoms with Crippen LogP contribution in [0.15, 0.2) is 78.9 Å². The lowest BCUT2D eigenvalue weighted by atomic mass is 10.1. The number of anilines is 2. The monoisotopic (exact) mass is 525 g/mol. The van der Waals surface area contributed by atoms with Crippen molar-refractivity contribution in [2.24, 2.45) is 5.92 Å². The molecule has 0 fully saturated rings. The molecule has 0 aliphatic rings. The summed E-state index contributed by atoms with van der Waals surface area (Å²) in [6.07, 6.45) is 0. The van der Waals surface area contributed by atoms with Gasteiger partial charge in [0.05, 0.1) is 18.5 Å². The van der Waals surface area contributed by atoms with E-state index >= 15 is 0 Å². The molecule has 0 spiro atoms. The molecule has 8 heteroatoms. The molecule has 0 saturated heterocycles. The summed E-state index contributed by atoms with van der Waals surface area (Å²) in [6.45, 7) is 8.25. The fraction of sp³-hybridized carbons (Fsp3) is 0.258. The second-order valence-corrected chi connectivity index (χ2v) is 9.91. The zero-order valence-corrected chi connectivity index (χ0v) is 23.1. The second-order valence-electron chi connectivity index (χ2n) is 9.91. The van der Waals surface area contributed by atoms with E-state index in [-0.39, 0.29) is 24.4 Å². The van der Waals surface area contributed by atoms with Gasteiger partial charge in [0.15, 0.2) is 0 Å². The van der Waals surface area contributed by atoms with E-state index < -0.39 is 0 Å². The number of aromatic nitrogens is 2. The SMILES string of the molecule is COc1ccc(-n2nc(-c3ccccc3)cc2NC(=O)CN(CC(C)C)C(=O)Nc2c(C)cccc2C)cc1. The van der Waals surface area contributed by atoms with Crippen molar-refractivity contribution in [2.75, 3.05) is 30.8 Å². The number of urea groups is 1. The van der Waals surface area contributed by atoms with E-state index in [1.807, 2.05) is 107 Å². The van der Waals surface area contributed by atoms with Crippen molar-refractivity contribution >= 4 is 23.4 Å². The van der Waals surface area contributed by atoms with Gasteiger partial charge < -0.3 is 20.3 Å². The van der Waals surface area contributed by atoms with E-state index in [9.17, 15) is 9.59 Å². The fourth-order valence-electron chi connectivity index (χ4n) is 4.35. The smallest absolute Gasteiger partial charge is 0.322 e. The molecule has 39 heavy (non-hydrogen) atoms. The Hall–Kier alpha value is -4.59. The Balaban J connectivity index is 1.58. The number of hydrogen-bond donors (Lipinski definition) is 2. The van der Waals surface area contributed by atoms with Crippen molar-refractivity contribution in [3.05, 3.63) is 90.0 Å². The highest BCUT2D eigenvalue weighted by molar-refractivity contribution is 5.97. The first-order valence-electron chi connectivity index (χ1n) is 13.0. The number of nitrogens with one attached hydrogen (secondary N) is 2. The molecule has 0 radical (unpaired) electrons. The van der Waals surface area contributed by atoms with E-state index in [0.29, 0.717) is 18.1 Å². The molecule has 3 amide bonds. The average Bonchev–Trinajstić information content (AvgIpc) is 3.34. The summed E-state index contributed by atoms with van der Waals surface area (Å²) in [4.78, 5) is 28.2. The molecule has 0 aliphatic carbocycles. The highest BCUT2D eigenvalue weighted by Crippen LogP contribution is 2.26. The number of carbonyl (C=O) groups is 2. The molecule has 0 atom stereocenters. The molecule has 8 nitrogen and oxygen atoms in total. The molecular weight excluding hydrogens is 490 g/mol. The highest BCUT2D eigenvalue weighted by Gasteiger charge is 2.21. The first kappa shape index (κ1) is 27.4. The number of aryl methyl sites for hydroxylation is 2. The lowest BCUT2D eigenvalue weighted by molar-refractivity contribution is -0.116. The van der Waals surface area contributed by atoms with Crippen LogP contribution in [0.5, 0.6) is 5.75 Å². The fourth-order valence-corrected chi connectivity index (χ4v) is 4.35. The number of methoxy groups -OCH3 is 1. The quantitative estimate of drug-likeness (QED) is 0.269. The van der Waals surface area contributed by atoms with Gasteiger partial charge in [0.1, 0.15) is 18.1 Å². The Labute approximate surface area is 229 Å². The minimum Gasteiger partial charge on any atom is -0.497 e. The van der Waals surface area contributed by atoms with Gasteiger partial charge in [0.25, 0.3) is 0 Å². The van der Waals surface area contributed by atoms with Crippen molar-refractivity contribution in [3.63, 3.8) is 0 Å². The summed E-state index contributed by atoms with van der Waals surface area (Å²) >= 11 is 0. The summed E-state index contributed by atoms with van der Waals surface area (Å²) in [6, 6.07) is 24.6. The summed E-state index contributed by atoms with van der Waals surface area (Å²) in [7, 11) is 1.61. The molecule has 4 aromatic rings. The lowest BCUT2D eigenvalue weighted by Gasteiger charge is -2.25. The predicted molar refractivity (Wildman–Crippen MR) is 156 cm³/mol. The van der Waals surface area contributed by atoms with E-state index in [1.165, 1.54) is 4.90 Å². The van der Waals surface area contributed by atoms with Crippen LogP contribution in [0.1, 0.15) is 25.0 Å². The third-order valence-electron chi connectivity index (χ3n) is 6.28. The predicted octanol–water partition coefficient (Wildman–Crippen LogP) is 6.29. The summed E-state index contributed by atoms with van der Waals surface area (Å²) in [5.74, 6) is 1.08. The normalized spacial score (nSPS) is 10.8. The Morgan fingerprint density at radius 2 is 1.59 bits per heavy atom. The third kappa shape index (κ3) is 6.84. The van der Waals surface area contributed by atoms with Crippen LogP contribution in [0.3, 0.4) is 0 Å². The van der Waals surface area contributed by atoms with Crippen LogP contribution in [-0.2, 0) is 4.79 Å². The topological polar surface area (TPSA) is 88.5 Å². The Kier molecular flexibility index (Phi) is 8.66. The van der Waals surface area contributed by atoms with Crippen LogP contribution in [0.25, 0.3) is 16.9 Å². The Morgan fingerprint density at radius 1 is 0.923 bits per heavy atom. The van der Waals surface area contributed by atoms with Gasteiger partial charge in [-0.3, -0.25) is 4.79 Å². The zero-order valence-electron chi connectivity index (χ0n) is 23.1. The largest absolute Gasteiger partial charge is 0.497 e. The number of amides is 3. The second kappa shape index (κ2) is 12.3. The molecule has 1 heterocycles. The van der Waals surface area contributed by atoms with Gasteiger partial charge in [-0.15, -0.1) is 0 Å². The first-order valence-corrected chi connectivity index (χ1v) is 13.0. The first-order chi connectivity index (χ1) is 18.7. The molecule has 0 bridgehead atoms. The number of carbonyl (C=O) groups excluding carboxylic acids is 2. The minimum atomic E-state index is -0.318. The van der Waals surface area contributed by atoms with Gasteiger partial charge in [-0.05, 0) is 55.2 Å². The summed E-state index contributed by atoms with van der Waals surface area (Å²) < 4.78 is 6.97. The van der Waals surface area contributed by atoms with Gasteiger partial charge in [0.2, 0.25) is 5.91 Å². The molecule has 0 aliphatic heterocycles. The number of nitrogens with zero attached hydrogens (tertiary/aromatic N) is 3. The number of benzene rings is 3. The molecule has 3 aromatic carbocycles. The molecule has 1 aromatic heterocycles. The minimum absolute atomic E-state index is 0.108. The van der Waals surface area contributed by atoms with Crippen molar-refractivity contribution in [1.82, 2.24) is 14.7 Å². The Morgan fingerprint density at radius 3 is 2.21 bits per heavy atom. The molecule has 0 unspecified atom stereocenters. The highest BCUT2D eigenvalue weighted by atomic mass is 16.5. The Bertz CT molecular complexity index is 1410. The van der Waals surface area contributed by atoms with Crippen LogP contribution in [0, 0.1) is 19.8 Å². The number of ether oxygens (including phenoxy) is 1. The van der Waals surface area contributed by atoms with Gasteiger partial charge in [-0.25, -0.2) is 9.48 Å². The van der Waals surface area contributed by atoms with Crippen LogP contribution >= 0.6 is 0 Å². The maximum absolute atomic E-state index is 13.3. The standard InChI is InChI=1S/C31H35N5O3/c1-21(2)19-35(31(38)33-30-22(3)10-9-11-23(30)4)20-29(37)32-28-18-27(24-12-7-6-8-13-24)34-36(28)25-14-16-26(39-5)17-15-25/h6-18,21H,19-20H2,1-5H3,(H,32,37)(H,33,38). The maximum atomic E-state index is 13.3. The zero-order chi connectivity index (χ0) is 27.9. The lowest BCUT2D eigenvalue weighted by Crippen LogP contribution is -2.42. The van der Waals surface area contributed by atoms with Crippen molar-refractivity contribution in [2.45, 2.75) is 27.7 Å². The van der Waals surface area contributed by atoms with E-state index in [2.05, 4.69) is 10.6 Å². The summed E-state index contributed by atoms with van der Waals surface area (Å²) in [5.41, 5.74) is 5.10. The summed E-state index contributed by atoms with van der Waals surface area (Å²) in [5, 5.41) is 10.8. The van der Waals surface area contributed by atoms with E-state index in [1.54, 1.807) is 11.8 Å². The molecule has 202 valence electrons. The number of rotatable bonds is 9. The van der Waals surface area contributed by atoms with E-state index in [4.69, 9.17) is 9.84 Å². The van der Waals surface area contributed by atoms with Crippen molar-refractivity contribution < 1.29 is 14.3 Å². The maximum Gasteiger partial charge on any atom is 0.322 e. The van der Waals surface area contributed by atoms with Gasteiger partial charge in [0, 0.05) is 23.9 Å². The molecular formula is C31H35N5O3. The van der Waals surface area contributed by atoms with Gasteiger partial charge >= 0.3 is 6.03 Å². The van der Waals surface area contributed by atoms with Crippen molar-refractivity contribution in [1.29, 1.82) is 0 Å². The van der Waals surface area contributed by atoms with Gasteiger partial charge in [-0.1, -0.05) is 62.4 Å². The van der Waals surface area contributed by atoms with Crippen LogP contribution in [0.4, 0.5) is 16.3 Å². The van der Waals surface area contributed by atoms with Crippen LogP contribution in [-0.4, -0.2) is 46.8 Å². The molecule has 4 rings (SSSR count). The van der Waals surface area contributed by atoms with Crippen molar-refractivity contribution in [3.8, 4) is 22.7 Å². The van der Waals surface area contributed by atoms with Crippen LogP contribution < -0.4 is 15.4 Å². The molecule has 2 N–H and O–H groups in total. The number of hydrogen-bond acceptors (Lipinski definition) is 4. The number of para-hydroxylation sites is 1. The van der Waals surface area contributed by atoms with E-state index in [0.717, 1.165) is 33.8 Å². The molecule has 0 saturated carbocycles. The third-order valence-corrected chi connectivity index (χ3v) is 6.28. The van der Waals surface area contributed by atoms with Gasteiger partial charge in [-0.2, -0.15) is 5.10 Å².